The van der Waals surface area contributed by atoms with Crippen molar-refractivity contribution >= 4 is 15.7 Å². The number of hydrogen-bond donors (Lipinski definition) is 2. The minimum absolute atomic E-state index is 0.0554. The molecule has 1 aliphatic heterocycles. The average molecular weight is 290 g/mol. The minimum atomic E-state index is -2.98. The lowest BCUT2D eigenvalue weighted by Crippen LogP contribution is -2.51. The van der Waals surface area contributed by atoms with Gasteiger partial charge < -0.3 is 10.6 Å². The third-order valence-corrected chi connectivity index (χ3v) is 5.90. The van der Waals surface area contributed by atoms with Gasteiger partial charge >= 0.3 is 0 Å². The quantitative estimate of drug-likeness (QED) is 0.760. The third kappa shape index (κ3) is 4.76. The molecule has 0 saturated carbocycles. The summed E-state index contributed by atoms with van der Waals surface area (Å²) in [6.45, 7) is 6.64. The molecule has 0 spiro atoms. The van der Waals surface area contributed by atoms with Crippen LogP contribution in [0.1, 0.15) is 46.5 Å². The molecule has 0 aromatic heterocycles. The monoisotopic (exact) mass is 290 g/mol. The molecule has 5 nitrogen and oxygen atoms in total. The van der Waals surface area contributed by atoms with Crippen molar-refractivity contribution in [2.45, 2.75) is 58.0 Å². The molecule has 1 unspecified atom stereocenters. The second-order valence-electron chi connectivity index (χ2n) is 5.36. The van der Waals surface area contributed by atoms with E-state index < -0.39 is 9.84 Å². The highest BCUT2D eigenvalue weighted by atomic mass is 32.2. The molecular weight excluding hydrogens is 264 g/mol. The summed E-state index contributed by atoms with van der Waals surface area (Å²) in [5.41, 5.74) is -0.148. The summed E-state index contributed by atoms with van der Waals surface area (Å²) in [6.07, 6.45) is 2.91. The molecule has 1 rings (SSSR count). The van der Waals surface area contributed by atoms with Crippen molar-refractivity contribution < 1.29 is 13.2 Å². The van der Waals surface area contributed by atoms with Crippen LogP contribution < -0.4 is 10.6 Å². The molecule has 0 bridgehead atoms. The topological polar surface area (TPSA) is 75.3 Å². The number of nitrogens with one attached hydrogen (secondary N) is 2. The maximum atomic E-state index is 12.1. The first kappa shape index (κ1) is 16.4. The van der Waals surface area contributed by atoms with E-state index >= 15 is 0 Å². The second kappa shape index (κ2) is 6.70. The summed E-state index contributed by atoms with van der Waals surface area (Å²) < 4.78 is 23.0. The van der Waals surface area contributed by atoms with E-state index in [4.69, 9.17) is 0 Å². The Morgan fingerprint density at radius 1 is 1.26 bits per heavy atom. The van der Waals surface area contributed by atoms with Crippen LogP contribution in [-0.2, 0) is 14.6 Å². The van der Waals surface area contributed by atoms with Crippen LogP contribution in [0.5, 0.6) is 0 Å². The molecule has 1 saturated heterocycles. The summed E-state index contributed by atoms with van der Waals surface area (Å²) >= 11 is 0. The first-order valence-corrected chi connectivity index (χ1v) is 8.93. The van der Waals surface area contributed by atoms with Crippen molar-refractivity contribution in [1.29, 1.82) is 0 Å². The van der Waals surface area contributed by atoms with Crippen LogP contribution in [0.2, 0.25) is 0 Å². The van der Waals surface area contributed by atoms with E-state index in [1.807, 2.05) is 0 Å². The highest BCUT2D eigenvalue weighted by molar-refractivity contribution is 7.91. The largest absolute Gasteiger partial charge is 0.351 e. The first-order chi connectivity index (χ1) is 8.86. The number of hydrogen-bond acceptors (Lipinski definition) is 4. The Labute approximate surface area is 116 Å². The van der Waals surface area contributed by atoms with Gasteiger partial charge in [-0.1, -0.05) is 20.8 Å². The Bertz CT molecular complexity index is 394. The van der Waals surface area contributed by atoms with Crippen LogP contribution in [0.15, 0.2) is 0 Å². The molecule has 1 aliphatic rings. The zero-order valence-corrected chi connectivity index (χ0v) is 13.0. The summed E-state index contributed by atoms with van der Waals surface area (Å²) in [7, 11) is -2.98. The van der Waals surface area contributed by atoms with Crippen LogP contribution in [0.3, 0.4) is 0 Å². The molecule has 1 amide bonds. The zero-order valence-electron chi connectivity index (χ0n) is 12.2. The van der Waals surface area contributed by atoms with E-state index in [9.17, 15) is 13.2 Å². The van der Waals surface area contributed by atoms with Crippen LogP contribution in [0, 0.1) is 0 Å². The Morgan fingerprint density at radius 3 is 2.32 bits per heavy atom. The number of rotatable bonds is 6. The van der Waals surface area contributed by atoms with Crippen molar-refractivity contribution in [3.8, 4) is 0 Å². The Hall–Kier alpha value is -0.620. The van der Waals surface area contributed by atoms with Gasteiger partial charge in [-0.05, 0) is 19.3 Å². The van der Waals surface area contributed by atoms with Gasteiger partial charge in [-0.25, -0.2) is 8.42 Å². The summed E-state index contributed by atoms with van der Waals surface area (Å²) in [6, 6.07) is -0.248. The number of carbonyl (C=O) groups excluding carboxylic acids is 1. The van der Waals surface area contributed by atoms with Crippen LogP contribution in [0.25, 0.3) is 0 Å². The fraction of sp³-hybridized carbons (Fsp3) is 0.923. The van der Waals surface area contributed by atoms with Crippen LogP contribution in [0.4, 0.5) is 0 Å². The molecule has 1 heterocycles. The fourth-order valence-corrected chi connectivity index (χ4v) is 4.03. The van der Waals surface area contributed by atoms with E-state index in [2.05, 4.69) is 31.4 Å². The van der Waals surface area contributed by atoms with Crippen molar-refractivity contribution in [2.75, 3.05) is 18.1 Å². The minimum Gasteiger partial charge on any atom is -0.351 e. The Balaban J connectivity index is 2.55. The fourth-order valence-electron chi connectivity index (χ4n) is 2.58. The molecule has 0 aromatic carbocycles. The molecule has 6 heteroatoms. The van der Waals surface area contributed by atoms with Crippen molar-refractivity contribution in [2.24, 2.45) is 0 Å². The van der Waals surface area contributed by atoms with E-state index in [0.29, 0.717) is 6.54 Å². The molecule has 0 aromatic rings. The molecule has 112 valence electrons. The smallest absolute Gasteiger partial charge is 0.222 e. The van der Waals surface area contributed by atoms with Gasteiger partial charge in [0, 0.05) is 24.5 Å². The molecule has 0 radical (unpaired) electrons. The van der Waals surface area contributed by atoms with E-state index in [1.165, 1.54) is 0 Å². The molecule has 19 heavy (non-hydrogen) atoms. The lowest BCUT2D eigenvalue weighted by Gasteiger charge is -2.33. The van der Waals surface area contributed by atoms with E-state index in [1.54, 1.807) is 0 Å². The number of carbonyl (C=O) groups is 1. The maximum Gasteiger partial charge on any atom is 0.222 e. The Morgan fingerprint density at radius 2 is 1.84 bits per heavy atom. The third-order valence-electron chi connectivity index (χ3n) is 4.17. The predicted molar refractivity (Wildman–Crippen MR) is 76.8 cm³/mol. The summed E-state index contributed by atoms with van der Waals surface area (Å²) in [5, 5.41) is 6.19. The van der Waals surface area contributed by atoms with E-state index in [0.717, 1.165) is 19.3 Å². The van der Waals surface area contributed by atoms with Crippen molar-refractivity contribution in [1.82, 2.24) is 10.6 Å². The van der Waals surface area contributed by atoms with Crippen LogP contribution in [-0.4, -0.2) is 44.0 Å². The lowest BCUT2D eigenvalue weighted by molar-refractivity contribution is -0.123. The van der Waals surface area contributed by atoms with E-state index in [-0.39, 0.29) is 35.4 Å². The highest BCUT2D eigenvalue weighted by Gasteiger charge is 2.29. The summed E-state index contributed by atoms with van der Waals surface area (Å²) in [4.78, 5) is 12.1. The second-order valence-corrected chi connectivity index (χ2v) is 7.59. The van der Waals surface area contributed by atoms with Gasteiger partial charge in [-0.2, -0.15) is 0 Å². The standard InChI is InChI=1S/C13H26N2O3S/c1-4-13(5-2,6-3)15-12(16)9-11-10-19(17,18)8-7-14-11/h11,14H,4-10H2,1-3H3,(H,15,16). The van der Waals surface area contributed by atoms with Crippen molar-refractivity contribution in [3.05, 3.63) is 0 Å². The molecular formula is C13H26N2O3S. The highest BCUT2D eigenvalue weighted by Crippen LogP contribution is 2.19. The first-order valence-electron chi connectivity index (χ1n) is 7.11. The molecule has 1 atom stereocenters. The normalized spacial score (nSPS) is 23.0. The molecule has 0 aliphatic carbocycles. The van der Waals surface area contributed by atoms with Crippen molar-refractivity contribution in [3.63, 3.8) is 0 Å². The van der Waals surface area contributed by atoms with Crippen LogP contribution >= 0.6 is 0 Å². The van der Waals surface area contributed by atoms with Gasteiger partial charge in [-0.15, -0.1) is 0 Å². The van der Waals surface area contributed by atoms with Gasteiger partial charge in [-0.3, -0.25) is 4.79 Å². The molecule has 1 fully saturated rings. The average Bonchev–Trinajstić information content (AvgIpc) is 2.35. The van der Waals surface area contributed by atoms with Gasteiger partial charge in [0.1, 0.15) is 0 Å². The maximum absolute atomic E-state index is 12.1. The number of amides is 1. The van der Waals surface area contributed by atoms with Gasteiger partial charge in [0.25, 0.3) is 0 Å². The number of sulfone groups is 1. The van der Waals surface area contributed by atoms with Gasteiger partial charge in [0.05, 0.1) is 11.5 Å². The SMILES string of the molecule is CCC(CC)(CC)NC(=O)CC1CS(=O)(=O)CCN1. The van der Waals surface area contributed by atoms with Gasteiger partial charge in [0.15, 0.2) is 9.84 Å². The zero-order chi connectivity index (χ0) is 14.5. The summed E-state index contributed by atoms with van der Waals surface area (Å²) in [5.74, 6) is 0.186. The predicted octanol–water partition coefficient (Wildman–Crippen LogP) is 0.848. The Kier molecular flexibility index (Phi) is 5.80. The van der Waals surface area contributed by atoms with Gasteiger partial charge in [0.2, 0.25) is 5.91 Å². The molecule has 2 N–H and O–H groups in total. The lowest BCUT2D eigenvalue weighted by atomic mass is 9.89.